The molecule has 0 aromatic carbocycles. The molecule has 0 radical (unpaired) electrons. The average molecular weight is 199 g/mol. The maximum atomic E-state index is 11.1. The van der Waals surface area contributed by atoms with Crippen LogP contribution in [0.25, 0.3) is 0 Å². The van der Waals surface area contributed by atoms with E-state index >= 15 is 0 Å². The smallest absolute Gasteiger partial charge is 0.303 e. The molecule has 6 heteroatoms. The van der Waals surface area contributed by atoms with E-state index < -0.39 is 12.1 Å². The molecule has 2 N–H and O–H groups in total. The molecule has 1 rings (SSSR count). The lowest BCUT2D eigenvalue weighted by molar-refractivity contribution is -0.137. The molecular weight excluding hydrogens is 185 g/mol. The summed E-state index contributed by atoms with van der Waals surface area (Å²) in [5.41, 5.74) is 0. The van der Waals surface area contributed by atoms with Crippen LogP contribution in [-0.4, -0.2) is 47.0 Å². The lowest BCUT2D eigenvalue weighted by Gasteiger charge is -2.22. The molecule has 0 saturated carbocycles. The number of amides is 1. The molecule has 0 aliphatic carbocycles. The fourth-order valence-electron chi connectivity index (χ4n) is 1.75. The lowest BCUT2D eigenvalue weighted by atomic mass is 10.0. The maximum Gasteiger partial charge on any atom is 0.303 e. The fraction of sp³-hybridized carbons (Fsp3) is 0.750. The summed E-state index contributed by atoms with van der Waals surface area (Å²) in [7, 11) is 1.64. The quantitative estimate of drug-likeness (QED) is 0.554. The van der Waals surface area contributed by atoms with Crippen molar-refractivity contribution in [1.29, 1.82) is 0 Å². The van der Waals surface area contributed by atoms with Crippen molar-refractivity contribution in [2.75, 3.05) is 0 Å². The number of carboxylic acids is 1. The van der Waals surface area contributed by atoms with Crippen molar-refractivity contribution in [2.24, 2.45) is 0 Å². The van der Waals surface area contributed by atoms with Crippen LogP contribution >= 0.6 is 0 Å². The van der Waals surface area contributed by atoms with Gasteiger partial charge in [-0.15, -0.1) is 0 Å². The minimum absolute atomic E-state index is 0.0715. The van der Waals surface area contributed by atoms with Gasteiger partial charge < -0.3 is 15.0 Å². The highest BCUT2D eigenvalue weighted by Crippen LogP contribution is 2.21. The van der Waals surface area contributed by atoms with E-state index in [0.717, 1.165) is 0 Å². The van der Waals surface area contributed by atoms with E-state index in [2.05, 4.69) is 0 Å². The van der Waals surface area contributed by atoms with Crippen LogP contribution < -0.4 is 0 Å². The van der Waals surface area contributed by atoms with Crippen molar-refractivity contribution in [1.82, 2.24) is 4.81 Å². The van der Waals surface area contributed by atoms with Gasteiger partial charge >= 0.3 is 5.97 Å². The summed E-state index contributed by atoms with van der Waals surface area (Å²) >= 11 is 0. The number of rotatable bonds is 4. The van der Waals surface area contributed by atoms with Gasteiger partial charge in [-0.1, -0.05) is 0 Å². The third-order valence-electron chi connectivity index (χ3n) is 2.61. The van der Waals surface area contributed by atoms with Crippen LogP contribution in [-0.2, 0) is 9.59 Å². The van der Waals surface area contributed by atoms with Gasteiger partial charge in [0.1, 0.15) is 0 Å². The first kappa shape index (κ1) is 11.0. The van der Waals surface area contributed by atoms with Crippen LogP contribution in [0.3, 0.4) is 0 Å². The van der Waals surface area contributed by atoms with E-state index in [1.54, 1.807) is 7.98 Å². The molecule has 0 aromatic heterocycles. The van der Waals surface area contributed by atoms with Gasteiger partial charge in [-0.3, -0.25) is 9.59 Å². The molecule has 2 atom stereocenters. The largest absolute Gasteiger partial charge is 0.481 e. The van der Waals surface area contributed by atoms with Crippen LogP contribution in [0.4, 0.5) is 0 Å². The fourth-order valence-corrected chi connectivity index (χ4v) is 1.75. The first-order valence-electron chi connectivity index (χ1n) is 4.68. The predicted molar refractivity (Wildman–Crippen MR) is 51.3 cm³/mol. The summed E-state index contributed by atoms with van der Waals surface area (Å²) in [6, 6.07) is -0.207. The van der Waals surface area contributed by atoms with Gasteiger partial charge in [0, 0.05) is 12.5 Å². The van der Waals surface area contributed by atoms with Crippen molar-refractivity contribution in [2.45, 2.75) is 37.8 Å². The Hall–Kier alpha value is -1.04. The topological polar surface area (TPSA) is 77.8 Å². The first-order valence-corrected chi connectivity index (χ1v) is 4.68. The zero-order valence-electron chi connectivity index (χ0n) is 8.14. The number of hydrogen-bond acceptors (Lipinski definition) is 3. The molecule has 1 amide bonds. The third kappa shape index (κ3) is 2.48. The summed E-state index contributed by atoms with van der Waals surface area (Å²) in [5, 5.41) is 17.9. The zero-order valence-corrected chi connectivity index (χ0v) is 8.14. The van der Waals surface area contributed by atoms with Gasteiger partial charge in [0.15, 0.2) is 0 Å². The molecule has 14 heavy (non-hydrogen) atoms. The lowest BCUT2D eigenvalue weighted by Crippen LogP contribution is -2.34. The molecule has 1 fully saturated rings. The normalized spacial score (nSPS) is 26.9. The Labute approximate surface area is 83.1 Å². The molecule has 1 aliphatic rings. The Morgan fingerprint density at radius 2 is 2.29 bits per heavy atom. The monoisotopic (exact) mass is 199 g/mol. The summed E-state index contributed by atoms with van der Waals surface area (Å²) in [6.45, 7) is 0. The van der Waals surface area contributed by atoms with Crippen molar-refractivity contribution < 1.29 is 19.8 Å². The summed E-state index contributed by atoms with van der Waals surface area (Å²) < 4.78 is 0. The number of aliphatic hydroxyl groups is 1. The van der Waals surface area contributed by atoms with Crippen molar-refractivity contribution in [3.63, 3.8) is 0 Å². The number of carboxylic acid groups (broad SMARTS) is 1. The molecule has 78 valence electrons. The van der Waals surface area contributed by atoms with Crippen molar-refractivity contribution in [3.05, 3.63) is 0 Å². The van der Waals surface area contributed by atoms with Crippen LogP contribution in [0.2, 0.25) is 0 Å². The van der Waals surface area contributed by atoms with Crippen molar-refractivity contribution in [3.8, 4) is 0 Å². The Bertz CT molecular complexity index is 245. The molecule has 0 bridgehead atoms. The minimum atomic E-state index is -0.841. The first-order chi connectivity index (χ1) is 6.52. The SMILES string of the molecule is BN1C(=O)CC(O)C1CCCC(=O)O. The molecule has 2 unspecified atom stereocenters. The summed E-state index contributed by atoms with van der Waals surface area (Å²) in [4.78, 5) is 22.9. The van der Waals surface area contributed by atoms with Crippen LogP contribution in [0.15, 0.2) is 0 Å². The maximum absolute atomic E-state index is 11.1. The molecular formula is C8H14BNO4. The molecule has 1 saturated heterocycles. The molecule has 0 aromatic rings. The molecule has 1 heterocycles. The van der Waals surface area contributed by atoms with Crippen LogP contribution in [0, 0.1) is 0 Å². The standard InChI is InChI=1S/C8H14BNO4/c9-10-5(2-1-3-8(13)14)6(11)4-7(10)12/h5-6,11H,1-4,9H2,(H,13,14). The number of aliphatic carboxylic acids is 1. The molecule has 1 aliphatic heterocycles. The number of carbonyl (C=O) groups excluding carboxylic acids is 1. The zero-order chi connectivity index (χ0) is 10.7. The Balaban J connectivity index is 2.36. The predicted octanol–water partition coefficient (Wildman–Crippen LogP) is -1.25. The highest BCUT2D eigenvalue weighted by atomic mass is 16.4. The Morgan fingerprint density at radius 1 is 1.64 bits per heavy atom. The second-order valence-electron chi connectivity index (χ2n) is 3.63. The van der Waals surface area contributed by atoms with E-state index in [4.69, 9.17) is 5.11 Å². The second-order valence-corrected chi connectivity index (χ2v) is 3.63. The van der Waals surface area contributed by atoms with Crippen LogP contribution in [0.5, 0.6) is 0 Å². The average Bonchev–Trinajstić information content (AvgIpc) is 2.31. The summed E-state index contributed by atoms with van der Waals surface area (Å²) in [6.07, 6.45) is 0.658. The number of nitrogens with zero attached hydrogens (tertiary/aromatic N) is 1. The van der Waals surface area contributed by atoms with Gasteiger partial charge in [-0.05, 0) is 12.8 Å². The second kappa shape index (κ2) is 4.46. The van der Waals surface area contributed by atoms with Gasteiger partial charge in [-0.2, -0.15) is 0 Å². The third-order valence-corrected chi connectivity index (χ3v) is 2.61. The van der Waals surface area contributed by atoms with Gasteiger partial charge in [0.2, 0.25) is 13.9 Å². The van der Waals surface area contributed by atoms with Gasteiger partial charge in [0.25, 0.3) is 0 Å². The Morgan fingerprint density at radius 3 is 2.71 bits per heavy atom. The minimum Gasteiger partial charge on any atom is -0.481 e. The number of aliphatic hydroxyl groups excluding tert-OH is 1. The Kier molecular flexibility index (Phi) is 3.52. The van der Waals surface area contributed by atoms with E-state index in [0.29, 0.717) is 12.8 Å². The highest BCUT2D eigenvalue weighted by Gasteiger charge is 2.34. The van der Waals surface area contributed by atoms with E-state index in [1.807, 2.05) is 0 Å². The molecule has 0 spiro atoms. The van der Waals surface area contributed by atoms with E-state index in [1.165, 1.54) is 4.81 Å². The number of carbonyl (C=O) groups is 2. The van der Waals surface area contributed by atoms with Crippen molar-refractivity contribution >= 4 is 19.9 Å². The van der Waals surface area contributed by atoms with E-state index in [9.17, 15) is 14.7 Å². The van der Waals surface area contributed by atoms with E-state index in [-0.39, 0.29) is 24.8 Å². The van der Waals surface area contributed by atoms with Gasteiger partial charge in [-0.25, -0.2) is 0 Å². The van der Waals surface area contributed by atoms with Crippen LogP contribution in [0.1, 0.15) is 25.7 Å². The molecule has 5 nitrogen and oxygen atoms in total. The highest BCUT2D eigenvalue weighted by molar-refractivity contribution is 6.15. The van der Waals surface area contributed by atoms with Gasteiger partial charge in [0.05, 0.1) is 12.5 Å². The number of hydrogen-bond donors (Lipinski definition) is 2. The summed E-state index contributed by atoms with van der Waals surface area (Å²) in [5.74, 6) is -0.913.